The first-order valence-corrected chi connectivity index (χ1v) is 45.2. The Kier molecular flexibility index (Phi) is 30.1. The molecule has 0 aliphatic heterocycles. The summed E-state index contributed by atoms with van der Waals surface area (Å²) in [6.45, 7) is 6.43. The van der Waals surface area contributed by atoms with Gasteiger partial charge in [-0.05, 0) is 151 Å². The van der Waals surface area contributed by atoms with Crippen molar-refractivity contribution in [2.75, 3.05) is 13.2 Å². The zero-order valence-corrected chi connectivity index (χ0v) is 69.1. The molecule has 0 aromatic heterocycles. The fourth-order valence-corrected chi connectivity index (χ4v) is 21.4. The Morgan fingerprint density at radius 1 is 0.252 bits per heavy atom. The summed E-state index contributed by atoms with van der Waals surface area (Å²) in [5.74, 6) is 3.01. The molecule has 0 bridgehead atoms. The van der Waals surface area contributed by atoms with Crippen LogP contribution < -0.4 is 46.0 Å². The number of hydrogen-bond donors (Lipinski definition) is 2. The molecule has 14 rings (SSSR count). The van der Waals surface area contributed by atoms with Crippen LogP contribution in [0.3, 0.4) is 0 Å². The second-order valence-corrected chi connectivity index (χ2v) is 35.2. The lowest BCUT2D eigenvalue weighted by Crippen LogP contribution is -2.22. The van der Waals surface area contributed by atoms with E-state index in [9.17, 15) is 10.2 Å². The van der Waals surface area contributed by atoms with E-state index in [-0.39, 0.29) is 37.9 Å². The molecule has 0 aliphatic rings. The lowest BCUT2D eigenvalue weighted by molar-refractivity contribution is 0.105. The number of aromatic hydroxyl groups is 2. The molecule has 115 heavy (non-hydrogen) atoms. The molecule has 0 saturated carbocycles. The maximum absolute atomic E-state index is 13.1. The van der Waals surface area contributed by atoms with Crippen LogP contribution in [0.2, 0.25) is 0 Å². The summed E-state index contributed by atoms with van der Waals surface area (Å²) < 4.78 is 34.2. The zero-order valence-electron chi connectivity index (χ0n) is 67.3. The lowest BCUT2D eigenvalue weighted by Gasteiger charge is -2.25. The molecular weight excluding hydrogens is 1450 g/mol. The molecule has 0 fully saturated rings. The maximum Gasteiger partial charge on any atom is 0.131 e. The number of hydrogen-bond acceptors (Lipinski definition) is 7. The van der Waals surface area contributed by atoms with Crippen molar-refractivity contribution < 1.29 is 33.9 Å². The quantitative estimate of drug-likeness (QED) is 0.0291. The summed E-state index contributed by atoms with van der Waals surface area (Å²) in [7, 11) is -2.13. The van der Waals surface area contributed by atoms with E-state index in [2.05, 4.69) is 281 Å². The SMILES string of the molecule is CCCCCCCCCCCCCOc1cc(COCc2cc3ccccc3c(-c3c(P(c4ccccc4)c4ccccc4)ccc4ccccc34)c2O)cc(Oc2cc(COCc3cc4ccccc4c(-c4c(P(c5ccccc5)c5ccccc5)ccc5ccccc45)c3O)cc(OCCCCCCCCCCCCC)c2)c1. The molecule has 0 aliphatic carbocycles. The van der Waals surface area contributed by atoms with Gasteiger partial charge < -0.3 is 33.9 Å². The molecule has 2 N–H and O–H groups in total. The smallest absolute Gasteiger partial charge is 0.131 e. The predicted molar refractivity (Wildman–Crippen MR) is 488 cm³/mol. The monoisotopic (exact) mass is 1560 g/mol. The summed E-state index contributed by atoms with van der Waals surface area (Å²) in [5.41, 5.74) is 6.79. The minimum absolute atomic E-state index is 0.143. The van der Waals surface area contributed by atoms with Gasteiger partial charge in [0.1, 0.15) is 34.5 Å². The summed E-state index contributed by atoms with van der Waals surface area (Å²) in [4.78, 5) is 0. The Balaban J connectivity index is 0.760. The third-order valence-electron chi connectivity index (χ3n) is 22.3. The van der Waals surface area contributed by atoms with Crippen LogP contribution in [0, 0.1) is 0 Å². The topological polar surface area (TPSA) is 86.6 Å². The summed E-state index contributed by atoms with van der Waals surface area (Å²) in [5, 5.41) is 41.9. The van der Waals surface area contributed by atoms with E-state index in [4.69, 9.17) is 23.7 Å². The highest BCUT2D eigenvalue weighted by Gasteiger charge is 2.29. The van der Waals surface area contributed by atoms with E-state index < -0.39 is 15.8 Å². The standard InChI is InChI=1S/C106H112O7P2/c1-3-5-7-9-11-13-15-17-19-21-43-65-111-87-67-79(75-109-77-85-71-83-47-37-41-59-97(83)103(105(85)107)101-95-57-39-35-45-81(95)61-63-99(101)114(91-49-27-23-28-50-91)92-51-29-24-30-52-92)69-89(73-87)113-90-70-80(68-88(74-90)112-66-44-22-20-18-16-14-12-10-8-6-4-2)76-110-78-86-72-84-48-38-42-60-98(84)104(106(86)108)102-96-58-40-36-46-82(96)62-64-100(102)115(93-53-31-25-32-54-93)94-55-33-26-34-56-94/h23-42,45-64,67-74,107-108H,3-22,43-44,65-66,75-78H2,1-2H3. The molecule has 0 unspecified atom stereocenters. The Morgan fingerprint density at radius 2 is 0.539 bits per heavy atom. The molecule has 14 aromatic carbocycles. The van der Waals surface area contributed by atoms with E-state index in [1.54, 1.807) is 0 Å². The molecule has 0 spiro atoms. The Labute approximate surface area is 685 Å². The van der Waals surface area contributed by atoms with Crippen molar-refractivity contribution in [2.45, 2.75) is 182 Å². The lowest BCUT2D eigenvalue weighted by atomic mass is 9.91. The molecule has 14 aromatic rings. The molecule has 0 saturated heterocycles. The second-order valence-electron chi connectivity index (χ2n) is 30.8. The van der Waals surface area contributed by atoms with Gasteiger partial charge in [-0.2, -0.15) is 0 Å². The van der Waals surface area contributed by atoms with Crippen molar-refractivity contribution in [2.24, 2.45) is 0 Å². The summed E-state index contributed by atoms with van der Waals surface area (Å²) in [6, 6.07) is 103. The van der Waals surface area contributed by atoms with Crippen molar-refractivity contribution >= 4 is 90.8 Å². The Bertz CT molecular complexity index is 4990. The highest BCUT2D eigenvalue weighted by atomic mass is 31.1. The molecule has 0 amide bonds. The van der Waals surface area contributed by atoms with Gasteiger partial charge in [-0.1, -0.05) is 385 Å². The second kappa shape index (κ2) is 42.5. The van der Waals surface area contributed by atoms with Crippen LogP contribution in [0.25, 0.3) is 65.3 Å². The average Bonchev–Trinajstić information content (AvgIpc) is 0.742. The molecular formula is C106H112O7P2. The average molecular weight is 1560 g/mol. The van der Waals surface area contributed by atoms with E-state index in [0.29, 0.717) is 47.3 Å². The minimum Gasteiger partial charge on any atom is -0.507 e. The van der Waals surface area contributed by atoms with Crippen molar-refractivity contribution in [1.29, 1.82) is 0 Å². The first kappa shape index (κ1) is 81.5. The first-order chi connectivity index (χ1) is 56.9. The fourth-order valence-electron chi connectivity index (χ4n) is 16.4. The summed E-state index contributed by atoms with van der Waals surface area (Å²) >= 11 is 0. The highest BCUT2D eigenvalue weighted by molar-refractivity contribution is 7.80. The van der Waals surface area contributed by atoms with Gasteiger partial charge in [0, 0.05) is 45.5 Å². The van der Waals surface area contributed by atoms with Crippen molar-refractivity contribution in [3.8, 4) is 56.8 Å². The van der Waals surface area contributed by atoms with Crippen LogP contribution in [0.4, 0.5) is 0 Å². The Morgan fingerprint density at radius 3 is 0.878 bits per heavy atom. The van der Waals surface area contributed by atoms with Crippen LogP contribution in [0.5, 0.6) is 34.5 Å². The van der Waals surface area contributed by atoms with Gasteiger partial charge in [0.2, 0.25) is 0 Å². The molecule has 9 heteroatoms. The number of phenols is 2. The number of fused-ring (bicyclic) bond motifs is 4. The van der Waals surface area contributed by atoms with E-state index >= 15 is 0 Å². The van der Waals surface area contributed by atoms with Crippen LogP contribution in [0.1, 0.15) is 177 Å². The number of ether oxygens (including phenoxy) is 5. The minimum atomic E-state index is -1.06. The number of unbranched alkanes of at least 4 members (excludes halogenated alkanes) is 20. The van der Waals surface area contributed by atoms with E-state index in [1.165, 1.54) is 147 Å². The predicted octanol–water partition coefficient (Wildman–Crippen LogP) is 27.2. The fraction of sp³-hybridized carbons (Fsp3) is 0.283. The molecule has 0 atom stereocenters. The van der Waals surface area contributed by atoms with Gasteiger partial charge in [-0.15, -0.1) is 0 Å². The largest absolute Gasteiger partial charge is 0.507 e. The van der Waals surface area contributed by atoms with E-state index in [1.807, 2.05) is 24.3 Å². The van der Waals surface area contributed by atoms with Crippen LogP contribution in [-0.2, 0) is 35.9 Å². The molecule has 588 valence electrons. The van der Waals surface area contributed by atoms with Gasteiger partial charge >= 0.3 is 0 Å². The Hall–Kier alpha value is -10.1. The maximum atomic E-state index is 13.1. The van der Waals surface area contributed by atoms with E-state index in [0.717, 1.165) is 102 Å². The molecule has 0 radical (unpaired) electrons. The van der Waals surface area contributed by atoms with Crippen molar-refractivity contribution in [1.82, 2.24) is 0 Å². The van der Waals surface area contributed by atoms with Crippen LogP contribution in [-0.4, -0.2) is 23.4 Å². The zero-order chi connectivity index (χ0) is 78.6. The third kappa shape index (κ3) is 21.5. The van der Waals surface area contributed by atoms with Gasteiger partial charge in [-0.3, -0.25) is 0 Å². The molecule has 0 heterocycles. The summed E-state index contributed by atoms with van der Waals surface area (Å²) in [6.07, 6.45) is 27.5. The number of rotatable bonds is 44. The first-order valence-electron chi connectivity index (χ1n) is 42.6. The third-order valence-corrected chi connectivity index (χ3v) is 27.2. The number of phenolic OH excluding ortho intramolecular Hbond substituents is 2. The van der Waals surface area contributed by atoms with Gasteiger partial charge in [-0.25, -0.2) is 0 Å². The number of benzene rings is 14. The van der Waals surface area contributed by atoms with Gasteiger partial charge in [0.25, 0.3) is 0 Å². The normalized spacial score (nSPS) is 11.6. The van der Waals surface area contributed by atoms with Crippen molar-refractivity contribution in [3.05, 3.63) is 313 Å². The van der Waals surface area contributed by atoms with Gasteiger partial charge in [0.05, 0.1) is 39.6 Å². The van der Waals surface area contributed by atoms with Crippen LogP contribution >= 0.6 is 15.8 Å². The van der Waals surface area contributed by atoms with Crippen LogP contribution in [0.15, 0.2) is 291 Å². The van der Waals surface area contributed by atoms with Gasteiger partial charge in [0.15, 0.2) is 0 Å². The van der Waals surface area contributed by atoms with Crippen molar-refractivity contribution in [3.63, 3.8) is 0 Å². The molecule has 7 nitrogen and oxygen atoms in total. The highest BCUT2D eigenvalue weighted by Crippen LogP contribution is 2.49.